The first-order valence-electron chi connectivity index (χ1n) is 9.74. The zero-order valence-corrected chi connectivity index (χ0v) is 19.4. The number of hydrogen-bond donors (Lipinski definition) is 2. The minimum Gasteiger partial charge on any atom is -0.350 e. The summed E-state index contributed by atoms with van der Waals surface area (Å²) >= 11 is 18.1. The molecule has 1 aliphatic rings. The predicted octanol–water partition coefficient (Wildman–Crippen LogP) is 5.99. The van der Waals surface area contributed by atoms with Gasteiger partial charge in [0, 0.05) is 16.9 Å². The minimum absolute atomic E-state index is 0.107. The van der Waals surface area contributed by atoms with Gasteiger partial charge in [0.25, 0.3) is 17.7 Å². The summed E-state index contributed by atoms with van der Waals surface area (Å²) < 4.78 is 0. The quantitative estimate of drug-likeness (QED) is 0.422. The van der Waals surface area contributed by atoms with Crippen LogP contribution in [-0.4, -0.2) is 17.7 Å². The van der Waals surface area contributed by atoms with Gasteiger partial charge in [0.2, 0.25) is 0 Å². The number of carbonyl (C=O) groups is 3. The van der Waals surface area contributed by atoms with Gasteiger partial charge in [-0.3, -0.25) is 14.4 Å². The molecule has 0 radical (unpaired) electrons. The van der Waals surface area contributed by atoms with Crippen LogP contribution in [0.5, 0.6) is 0 Å². The monoisotopic (exact) mass is 499 g/mol. The van der Waals surface area contributed by atoms with Gasteiger partial charge in [-0.15, -0.1) is 0 Å². The van der Waals surface area contributed by atoms with Gasteiger partial charge in [0.05, 0.1) is 15.7 Å². The third kappa shape index (κ3) is 4.59. The number of nitrogens with zero attached hydrogens (tertiary/aromatic N) is 1. The van der Waals surface area contributed by atoms with E-state index < -0.39 is 11.8 Å². The molecule has 0 atom stereocenters. The Morgan fingerprint density at radius 2 is 1.61 bits per heavy atom. The van der Waals surface area contributed by atoms with Gasteiger partial charge in [-0.2, -0.15) is 0 Å². The molecule has 0 unspecified atom stereocenters. The summed E-state index contributed by atoms with van der Waals surface area (Å²) in [5.41, 5.74) is 2.52. The summed E-state index contributed by atoms with van der Waals surface area (Å²) in [6, 6.07) is 18.3. The first-order valence-corrected chi connectivity index (χ1v) is 10.9. The Morgan fingerprint density at radius 1 is 0.848 bits per heavy atom. The van der Waals surface area contributed by atoms with Crippen molar-refractivity contribution in [2.75, 3.05) is 15.5 Å². The van der Waals surface area contributed by atoms with Crippen LogP contribution in [-0.2, 0) is 9.59 Å². The van der Waals surface area contributed by atoms with E-state index in [-0.39, 0.29) is 32.4 Å². The SMILES string of the molecule is Cc1ccccc1NC(=O)c1cccc(NC2=C(Cl)C(=O)N(c3ccc(Cl)c(Cl)c3)C2=O)c1. The summed E-state index contributed by atoms with van der Waals surface area (Å²) in [7, 11) is 0. The van der Waals surface area contributed by atoms with Crippen molar-refractivity contribution in [3.63, 3.8) is 0 Å². The van der Waals surface area contributed by atoms with E-state index in [9.17, 15) is 14.4 Å². The van der Waals surface area contributed by atoms with Crippen molar-refractivity contribution in [3.05, 3.63) is 98.6 Å². The van der Waals surface area contributed by atoms with E-state index in [0.29, 0.717) is 16.9 Å². The van der Waals surface area contributed by atoms with Crippen LogP contribution in [0.15, 0.2) is 77.5 Å². The van der Waals surface area contributed by atoms with Crippen molar-refractivity contribution in [1.82, 2.24) is 0 Å². The first kappa shape index (κ1) is 22.9. The van der Waals surface area contributed by atoms with Crippen LogP contribution in [0.1, 0.15) is 15.9 Å². The lowest BCUT2D eigenvalue weighted by Crippen LogP contribution is -2.32. The molecule has 1 heterocycles. The molecule has 0 aliphatic carbocycles. The highest BCUT2D eigenvalue weighted by Gasteiger charge is 2.39. The maximum absolute atomic E-state index is 13.0. The molecule has 33 heavy (non-hydrogen) atoms. The zero-order chi connectivity index (χ0) is 23.7. The lowest BCUT2D eigenvalue weighted by atomic mass is 10.1. The third-order valence-electron chi connectivity index (χ3n) is 4.98. The number of hydrogen-bond acceptors (Lipinski definition) is 4. The number of anilines is 3. The molecule has 3 aromatic rings. The maximum Gasteiger partial charge on any atom is 0.283 e. The summed E-state index contributed by atoms with van der Waals surface area (Å²) in [6.07, 6.45) is 0. The Labute approximate surface area is 204 Å². The lowest BCUT2D eigenvalue weighted by Gasteiger charge is -2.16. The van der Waals surface area contributed by atoms with Crippen LogP contribution >= 0.6 is 34.8 Å². The largest absolute Gasteiger partial charge is 0.350 e. The highest BCUT2D eigenvalue weighted by atomic mass is 35.5. The molecule has 3 aromatic carbocycles. The summed E-state index contributed by atoms with van der Waals surface area (Å²) in [4.78, 5) is 39.2. The maximum atomic E-state index is 13.0. The number of benzene rings is 3. The molecule has 0 fully saturated rings. The first-order chi connectivity index (χ1) is 15.8. The average Bonchev–Trinajstić information content (AvgIpc) is 3.00. The van der Waals surface area contributed by atoms with Crippen LogP contribution < -0.4 is 15.5 Å². The molecule has 0 bridgehead atoms. The molecule has 3 amide bonds. The van der Waals surface area contributed by atoms with E-state index in [1.54, 1.807) is 30.3 Å². The molecule has 0 saturated carbocycles. The molecular formula is C24H16Cl3N3O3. The average molecular weight is 501 g/mol. The molecule has 9 heteroatoms. The molecule has 6 nitrogen and oxygen atoms in total. The Hall–Kier alpha value is -3.32. The third-order valence-corrected chi connectivity index (χ3v) is 6.07. The van der Waals surface area contributed by atoms with E-state index >= 15 is 0 Å². The predicted molar refractivity (Wildman–Crippen MR) is 131 cm³/mol. The summed E-state index contributed by atoms with van der Waals surface area (Å²) in [5, 5.41) is 5.92. The van der Waals surface area contributed by atoms with Crippen molar-refractivity contribution in [1.29, 1.82) is 0 Å². The topological polar surface area (TPSA) is 78.5 Å². The van der Waals surface area contributed by atoms with Crippen LogP contribution in [0.2, 0.25) is 10.0 Å². The van der Waals surface area contributed by atoms with Gasteiger partial charge < -0.3 is 10.6 Å². The van der Waals surface area contributed by atoms with Gasteiger partial charge in [-0.25, -0.2) is 4.90 Å². The summed E-state index contributed by atoms with van der Waals surface area (Å²) in [5.74, 6) is -1.67. The number of nitrogens with one attached hydrogen (secondary N) is 2. The number of aryl methyl sites for hydroxylation is 1. The highest BCUT2D eigenvalue weighted by Crippen LogP contribution is 2.33. The van der Waals surface area contributed by atoms with Crippen LogP contribution in [0, 0.1) is 6.92 Å². The Balaban J connectivity index is 1.56. The smallest absolute Gasteiger partial charge is 0.283 e. The number of para-hydroxylation sites is 1. The van der Waals surface area contributed by atoms with E-state index in [0.717, 1.165) is 10.5 Å². The number of halogens is 3. The van der Waals surface area contributed by atoms with Gasteiger partial charge in [-0.1, -0.05) is 59.1 Å². The van der Waals surface area contributed by atoms with Gasteiger partial charge in [0.1, 0.15) is 10.7 Å². The van der Waals surface area contributed by atoms with Gasteiger partial charge >= 0.3 is 0 Å². The molecule has 1 aliphatic heterocycles. The second-order valence-corrected chi connectivity index (χ2v) is 8.40. The normalized spacial score (nSPS) is 13.5. The molecule has 2 N–H and O–H groups in total. The van der Waals surface area contributed by atoms with Crippen molar-refractivity contribution in [2.24, 2.45) is 0 Å². The highest BCUT2D eigenvalue weighted by molar-refractivity contribution is 6.53. The van der Waals surface area contributed by atoms with Crippen LogP contribution in [0.25, 0.3) is 0 Å². The van der Waals surface area contributed by atoms with Crippen molar-refractivity contribution in [3.8, 4) is 0 Å². The van der Waals surface area contributed by atoms with E-state index in [4.69, 9.17) is 34.8 Å². The molecule has 166 valence electrons. The van der Waals surface area contributed by atoms with E-state index in [2.05, 4.69) is 10.6 Å². The van der Waals surface area contributed by atoms with Crippen molar-refractivity contribution in [2.45, 2.75) is 6.92 Å². The van der Waals surface area contributed by atoms with Crippen molar-refractivity contribution < 1.29 is 14.4 Å². The van der Waals surface area contributed by atoms with Gasteiger partial charge in [0.15, 0.2) is 0 Å². The number of rotatable bonds is 5. The Bertz CT molecular complexity index is 1340. The second-order valence-electron chi connectivity index (χ2n) is 7.21. The minimum atomic E-state index is -0.698. The Kier molecular flexibility index (Phi) is 6.42. The van der Waals surface area contributed by atoms with Crippen LogP contribution in [0.4, 0.5) is 17.1 Å². The fraction of sp³-hybridized carbons (Fsp3) is 0.0417. The van der Waals surface area contributed by atoms with Crippen molar-refractivity contribution >= 4 is 69.6 Å². The molecular weight excluding hydrogens is 485 g/mol. The van der Waals surface area contributed by atoms with E-state index in [1.165, 1.54) is 18.2 Å². The lowest BCUT2D eigenvalue weighted by molar-refractivity contribution is -0.120. The number of amides is 3. The molecule has 4 rings (SSSR count). The van der Waals surface area contributed by atoms with Crippen LogP contribution in [0.3, 0.4) is 0 Å². The molecule has 0 spiro atoms. The zero-order valence-electron chi connectivity index (χ0n) is 17.2. The fourth-order valence-electron chi connectivity index (χ4n) is 3.26. The van der Waals surface area contributed by atoms with E-state index in [1.807, 2.05) is 25.1 Å². The fourth-order valence-corrected chi connectivity index (χ4v) is 3.77. The number of imide groups is 1. The van der Waals surface area contributed by atoms with Gasteiger partial charge in [-0.05, 0) is 55.0 Å². The standard InChI is InChI=1S/C24H16Cl3N3O3/c1-13-5-2-3-8-19(13)29-22(31)14-6-4-7-15(11-14)28-21-20(27)23(32)30(24(21)33)16-9-10-17(25)18(26)12-16/h2-12,28H,1H3,(H,29,31). The second kappa shape index (κ2) is 9.27. The number of carbonyl (C=O) groups excluding carboxylic acids is 3. The molecule has 0 saturated heterocycles. The Morgan fingerprint density at radius 3 is 2.33 bits per heavy atom. The summed E-state index contributed by atoms with van der Waals surface area (Å²) in [6.45, 7) is 1.89. The molecule has 0 aromatic heterocycles.